The van der Waals surface area contributed by atoms with Crippen molar-refractivity contribution in [3.8, 4) is 0 Å². The van der Waals surface area contributed by atoms with E-state index in [-0.39, 0.29) is 17.6 Å². The first kappa shape index (κ1) is 14.9. The minimum atomic E-state index is -1.50. The highest BCUT2D eigenvalue weighted by Crippen LogP contribution is 2.53. The molecule has 0 aromatic carbocycles. The fourth-order valence-corrected chi connectivity index (χ4v) is 2.20. The van der Waals surface area contributed by atoms with Crippen LogP contribution in [0.1, 0.15) is 25.7 Å². The summed E-state index contributed by atoms with van der Waals surface area (Å²) < 4.78 is 25.8. The largest absolute Gasteiger partial charge is 0.307 e. The molecule has 1 aromatic heterocycles. The number of amides is 1. The molecule has 1 fully saturated rings. The van der Waals surface area contributed by atoms with E-state index in [2.05, 4.69) is 10.3 Å². The number of aromatic nitrogens is 1. The number of nitrogens with one attached hydrogen (secondary N) is 1. The number of pyridine rings is 1. The Morgan fingerprint density at radius 1 is 1.60 bits per heavy atom. The van der Waals surface area contributed by atoms with E-state index in [1.807, 2.05) is 0 Å². The Bertz CT molecular complexity index is 520. The molecule has 2 unspecified atom stereocenters. The number of anilines is 1. The number of allylic oxidation sites excluding steroid dienone is 1. The van der Waals surface area contributed by atoms with E-state index in [0.717, 1.165) is 12.8 Å². The summed E-state index contributed by atoms with van der Waals surface area (Å²) in [5.41, 5.74) is 0. The van der Waals surface area contributed by atoms with Crippen molar-refractivity contribution in [2.45, 2.75) is 30.8 Å². The Kier molecular flexibility index (Phi) is 4.70. The van der Waals surface area contributed by atoms with Crippen LogP contribution in [0.3, 0.4) is 0 Å². The van der Waals surface area contributed by atoms with Gasteiger partial charge in [0.15, 0.2) is 5.13 Å². The molecule has 1 heterocycles. The summed E-state index contributed by atoms with van der Waals surface area (Å²) in [5, 5.41) is 0.954. The van der Waals surface area contributed by atoms with Gasteiger partial charge >= 0.3 is 0 Å². The second-order valence-electron chi connectivity index (χ2n) is 4.83. The number of hydrogen-bond donors (Lipinski definition) is 1. The summed E-state index contributed by atoms with van der Waals surface area (Å²) in [6.07, 6.45) is 5.66. The molecule has 6 heteroatoms. The SMILES string of the molecule is O=C(/C=C/CCCC1CC1(F)Cl)Nc1cccc(F)n1. The van der Waals surface area contributed by atoms with Crippen molar-refractivity contribution < 1.29 is 13.6 Å². The van der Waals surface area contributed by atoms with Crippen LogP contribution in [0, 0.1) is 11.9 Å². The van der Waals surface area contributed by atoms with Gasteiger partial charge in [-0.2, -0.15) is 4.39 Å². The van der Waals surface area contributed by atoms with Crippen molar-refractivity contribution in [2.24, 2.45) is 5.92 Å². The van der Waals surface area contributed by atoms with Crippen molar-refractivity contribution in [2.75, 3.05) is 5.32 Å². The molecule has 1 amide bonds. The van der Waals surface area contributed by atoms with Gasteiger partial charge in [-0.05, 0) is 37.5 Å². The lowest BCUT2D eigenvalue weighted by molar-refractivity contribution is -0.111. The molecular formula is C14H15ClF2N2O. The third kappa shape index (κ3) is 4.56. The summed E-state index contributed by atoms with van der Waals surface area (Å²) in [7, 11) is 0. The number of rotatable bonds is 6. The first-order valence-electron chi connectivity index (χ1n) is 6.45. The summed E-state index contributed by atoms with van der Waals surface area (Å²) >= 11 is 5.49. The van der Waals surface area contributed by atoms with Gasteiger partial charge in [0.1, 0.15) is 5.82 Å². The minimum absolute atomic E-state index is 0.0529. The molecule has 1 aromatic rings. The van der Waals surface area contributed by atoms with Crippen molar-refractivity contribution in [1.29, 1.82) is 0 Å². The van der Waals surface area contributed by atoms with Gasteiger partial charge in [-0.15, -0.1) is 0 Å². The lowest BCUT2D eigenvalue weighted by atomic mass is 10.1. The van der Waals surface area contributed by atoms with E-state index < -0.39 is 11.1 Å². The van der Waals surface area contributed by atoms with E-state index in [9.17, 15) is 13.6 Å². The van der Waals surface area contributed by atoms with E-state index in [1.165, 1.54) is 24.3 Å². The number of alkyl halides is 2. The standard InChI is InChI=1S/C14H15ClF2N2O/c15-14(17)9-10(14)5-2-1-3-8-13(20)19-12-7-4-6-11(16)18-12/h3-4,6-8,10H,1-2,5,9H2,(H,18,19,20)/b8-3+. The summed E-state index contributed by atoms with van der Waals surface area (Å²) in [6.45, 7) is 0. The van der Waals surface area contributed by atoms with Crippen LogP contribution in [0.2, 0.25) is 0 Å². The van der Waals surface area contributed by atoms with Crippen LogP contribution < -0.4 is 5.32 Å². The molecule has 20 heavy (non-hydrogen) atoms. The van der Waals surface area contributed by atoms with Gasteiger partial charge in [0, 0.05) is 12.3 Å². The maximum absolute atomic E-state index is 13.0. The van der Waals surface area contributed by atoms with Crippen LogP contribution in [-0.2, 0) is 4.79 Å². The second kappa shape index (κ2) is 6.31. The molecular weight excluding hydrogens is 286 g/mol. The monoisotopic (exact) mass is 300 g/mol. The fraction of sp³-hybridized carbons (Fsp3) is 0.429. The average molecular weight is 301 g/mol. The molecule has 0 bridgehead atoms. The van der Waals surface area contributed by atoms with Crippen LogP contribution in [-0.4, -0.2) is 16.0 Å². The van der Waals surface area contributed by atoms with Crippen LogP contribution in [0.4, 0.5) is 14.6 Å². The number of carbonyl (C=O) groups excluding carboxylic acids is 1. The highest BCUT2D eigenvalue weighted by molar-refractivity contribution is 6.24. The Morgan fingerprint density at radius 3 is 3.00 bits per heavy atom. The average Bonchev–Trinajstić information content (AvgIpc) is 2.96. The molecule has 2 rings (SSSR count). The smallest absolute Gasteiger partial charge is 0.249 e. The molecule has 0 spiro atoms. The first-order chi connectivity index (χ1) is 9.47. The topological polar surface area (TPSA) is 42.0 Å². The molecule has 1 N–H and O–H groups in total. The van der Waals surface area contributed by atoms with Crippen LogP contribution in [0.15, 0.2) is 30.4 Å². The molecule has 0 saturated heterocycles. The van der Waals surface area contributed by atoms with Gasteiger partial charge in [-0.25, -0.2) is 9.37 Å². The number of nitrogens with zero attached hydrogens (tertiary/aromatic N) is 1. The Labute approximate surface area is 121 Å². The van der Waals surface area contributed by atoms with Gasteiger partial charge < -0.3 is 5.32 Å². The number of halogens is 3. The maximum atomic E-state index is 13.0. The third-order valence-corrected chi connectivity index (χ3v) is 3.58. The summed E-state index contributed by atoms with van der Waals surface area (Å²) in [6, 6.07) is 4.17. The Morgan fingerprint density at radius 2 is 2.35 bits per heavy atom. The zero-order chi connectivity index (χ0) is 14.6. The van der Waals surface area contributed by atoms with Crippen LogP contribution in [0.25, 0.3) is 0 Å². The zero-order valence-electron chi connectivity index (χ0n) is 10.8. The second-order valence-corrected chi connectivity index (χ2v) is 5.46. The van der Waals surface area contributed by atoms with E-state index >= 15 is 0 Å². The normalized spacial score (nSPS) is 24.9. The molecule has 1 aliphatic rings. The fourth-order valence-electron chi connectivity index (χ4n) is 1.90. The Hall–Kier alpha value is -1.49. The van der Waals surface area contributed by atoms with Gasteiger partial charge in [0.05, 0.1) is 0 Å². The van der Waals surface area contributed by atoms with Gasteiger partial charge in [0.25, 0.3) is 0 Å². The molecule has 108 valence electrons. The summed E-state index contributed by atoms with van der Waals surface area (Å²) in [4.78, 5) is 15.0. The molecule has 1 saturated carbocycles. The molecule has 0 radical (unpaired) electrons. The van der Waals surface area contributed by atoms with E-state index in [1.54, 1.807) is 6.08 Å². The maximum Gasteiger partial charge on any atom is 0.249 e. The van der Waals surface area contributed by atoms with E-state index in [4.69, 9.17) is 11.6 Å². The van der Waals surface area contributed by atoms with Crippen molar-refractivity contribution in [3.05, 3.63) is 36.3 Å². The predicted molar refractivity (Wildman–Crippen MR) is 73.6 cm³/mol. The molecule has 3 nitrogen and oxygen atoms in total. The highest BCUT2D eigenvalue weighted by atomic mass is 35.5. The quantitative estimate of drug-likeness (QED) is 0.376. The Balaban J connectivity index is 1.65. The molecule has 0 aliphatic heterocycles. The number of unbranched alkanes of at least 4 members (excludes halogenated alkanes) is 1. The van der Waals surface area contributed by atoms with Gasteiger partial charge in [-0.1, -0.05) is 23.7 Å². The lowest BCUT2D eigenvalue weighted by Gasteiger charge is -2.00. The van der Waals surface area contributed by atoms with Gasteiger partial charge in [-0.3, -0.25) is 4.79 Å². The van der Waals surface area contributed by atoms with Crippen molar-refractivity contribution in [3.63, 3.8) is 0 Å². The number of hydrogen-bond acceptors (Lipinski definition) is 2. The third-order valence-electron chi connectivity index (χ3n) is 3.11. The molecule has 2 atom stereocenters. The lowest BCUT2D eigenvalue weighted by Crippen LogP contribution is -2.09. The van der Waals surface area contributed by atoms with Gasteiger partial charge in [0.2, 0.25) is 11.9 Å². The first-order valence-corrected chi connectivity index (χ1v) is 6.83. The van der Waals surface area contributed by atoms with Crippen LogP contribution >= 0.6 is 11.6 Å². The van der Waals surface area contributed by atoms with E-state index in [0.29, 0.717) is 12.8 Å². The zero-order valence-corrected chi connectivity index (χ0v) is 11.5. The minimum Gasteiger partial charge on any atom is -0.307 e. The van der Waals surface area contributed by atoms with Crippen LogP contribution in [0.5, 0.6) is 0 Å². The molecule has 1 aliphatic carbocycles. The highest BCUT2D eigenvalue weighted by Gasteiger charge is 2.53. The summed E-state index contributed by atoms with van der Waals surface area (Å²) in [5.74, 6) is -0.899. The van der Waals surface area contributed by atoms with Crippen molar-refractivity contribution >= 4 is 23.3 Å². The number of carbonyl (C=O) groups is 1. The predicted octanol–water partition coefficient (Wildman–Crippen LogP) is 3.81. The van der Waals surface area contributed by atoms with Crippen molar-refractivity contribution in [1.82, 2.24) is 4.98 Å².